The molecule has 0 saturated heterocycles. The van der Waals surface area contributed by atoms with Crippen molar-refractivity contribution in [1.82, 2.24) is 14.9 Å². The zero-order valence-corrected chi connectivity index (χ0v) is 18.6. The quantitative estimate of drug-likeness (QED) is 0.620. The van der Waals surface area contributed by atoms with Gasteiger partial charge in [-0.2, -0.15) is 0 Å². The molecular formula is C25H27FN4O2. The van der Waals surface area contributed by atoms with Crippen molar-refractivity contribution in [2.24, 2.45) is 0 Å². The number of amides is 1. The number of rotatable bonds is 5. The predicted molar refractivity (Wildman–Crippen MR) is 121 cm³/mol. The van der Waals surface area contributed by atoms with Crippen LogP contribution in [0.25, 0.3) is 10.9 Å². The highest BCUT2D eigenvalue weighted by molar-refractivity contribution is 5.99. The van der Waals surface area contributed by atoms with Crippen LogP contribution in [-0.4, -0.2) is 26.8 Å². The normalized spacial score (nSPS) is 17.7. The van der Waals surface area contributed by atoms with Crippen LogP contribution in [-0.2, 0) is 17.9 Å². The Bertz CT molecular complexity index is 1210. The molecule has 0 radical (unpaired) electrons. The summed E-state index contributed by atoms with van der Waals surface area (Å²) in [6, 6.07) is 6.83. The molecule has 3 aromatic rings. The molecule has 6 nitrogen and oxygen atoms in total. The van der Waals surface area contributed by atoms with Crippen LogP contribution in [0.2, 0.25) is 0 Å². The molecule has 1 atom stereocenters. The van der Waals surface area contributed by atoms with Gasteiger partial charge in [-0.15, -0.1) is 0 Å². The highest BCUT2D eigenvalue weighted by atomic mass is 19.1. The number of nitrogens with zero attached hydrogens (tertiary/aromatic N) is 3. The summed E-state index contributed by atoms with van der Waals surface area (Å²) in [7, 11) is 0. The molecule has 2 aliphatic rings. The third kappa shape index (κ3) is 3.60. The summed E-state index contributed by atoms with van der Waals surface area (Å²) < 4.78 is 20.8. The minimum absolute atomic E-state index is 0.0297. The summed E-state index contributed by atoms with van der Waals surface area (Å²) in [4.78, 5) is 24.0. The second-order valence-electron chi connectivity index (χ2n) is 9.08. The van der Waals surface area contributed by atoms with E-state index in [1.807, 2.05) is 39.1 Å². The highest BCUT2D eigenvalue weighted by Crippen LogP contribution is 2.39. The molecule has 166 valence electrons. The first kappa shape index (κ1) is 20.8. The molecule has 1 amide bonds. The summed E-state index contributed by atoms with van der Waals surface area (Å²) in [5.74, 6) is -0.0334. The van der Waals surface area contributed by atoms with Crippen LogP contribution in [0, 0.1) is 5.82 Å². The van der Waals surface area contributed by atoms with Crippen molar-refractivity contribution in [3.05, 3.63) is 64.2 Å². The molecule has 1 saturated carbocycles. The van der Waals surface area contributed by atoms with Crippen LogP contribution in [0.4, 0.5) is 10.2 Å². The summed E-state index contributed by atoms with van der Waals surface area (Å²) in [6.07, 6.45) is 4.03. The monoisotopic (exact) mass is 434 g/mol. The smallest absolute Gasteiger partial charge is 0.257 e. The Hall–Kier alpha value is -3.06. The Morgan fingerprint density at radius 3 is 2.75 bits per heavy atom. The van der Waals surface area contributed by atoms with Gasteiger partial charge in [-0.25, -0.2) is 9.37 Å². The molecule has 0 spiro atoms. The first-order chi connectivity index (χ1) is 15.3. The van der Waals surface area contributed by atoms with Crippen LogP contribution in [0.15, 0.2) is 30.5 Å². The van der Waals surface area contributed by atoms with E-state index in [1.54, 1.807) is 11.0 Å². The van der Waals surface area contributed by atoms with Crippen LogP contribution < -0.4 is 5.73 Å². The van der Waals surface area contributed by atoms with E-state index >= 15 is 4.39 Å². The average molecular weight is 435 g/mol. The fourth-order valence-electron chi connectivity index (χ4n) is 4.44. The molecule has 1 aliphatic carbocycles. The van der Waals surface area contributed by atoms with Gasteiger partial charge in [0.25, 0.3) is 5.91 Å². The zero-order valence-electron chi connectivity index (χ0n) is 18.6. The lowest BCUT2D eigenvalue weighted by Gasteiger charge is -2.27. The number of nitrogen functional groups attached to an aromatic ring is 1. The van der Waals surface area contributed by atoms with E-state index in [-0.39, 0.29) is 23.6 Å². The van der Waals surface area contributed by atoms with Crippen LogP contribution in [0.1, 0.15) is 78.4 Å². The average Bonchev–Trinajstić information content (AvgIpc) is 3.53. The van der Waals surface area contributed by atoms with Crippen molar-refractivity contribution >= 4 is 22.6 Å². The molecular weight excluding hydrogens is 407 g/mol. The zero-order chi connectivity index (χ0) is 22.6. The molecule has 0 unspecified atom stereocenters. The van der Waals surface area contributed by atoms with Gasteiger partial charge < -0.3 is 15.4 Å². The fourth-order valence-corrected chi connectivity index (χ4v) is 4.44. The number of hydrogen-bond acceptors (Lipinski definition) is 5. The van der Waals surface area contributed by atoms with Gasteiger partial charge in [0.1, 0.15) is 11.6 Å². The Labute approximate surface area is 186 Å². The van der Waals surface area contributed by atoms with Gasteiger partial charge in [0.2, 0.25) is 0 Å². The molecule has 1 fully saturated rings. The number of benzene rings is 1. The van der Waals surface area contributed by atoms with E-state index in [4.69, 9.17) is 10.5 Å². The Morgan fingerprint density at radius 1 is 1.31 bits per heavy atom. The van der Waals surface area contributed by atoms with E-state index in [0.29, 0.717) is 35.8 Å². The van der Waals surface area contributed by atoms with E-state index in [0.717, 1.165) is 22.4 Å². The van der Waals surface area contributed by atoms with Crippen molar-refractivity contribution in [2.75, 3.05) is 5.73 Å². The summed E-state index contributed by atoms with van der Waals surface area (Å²) >= 11 is 0. The van der Waals surface area contributed by atoms with Gasteiger partial charge in [-0.3, -0.25) is 9.78 Å². The van der Waals surface area contributed by atoms with E-state index in [9.17, 15) is 4.79 Å². The molecule has 1 aliphatic heterocycles. The second kappa shape index (κ2) is 7.81. The van der Waals surface area contributed by atoms with Crippen molar-refractivity contribution in [1.29, 1.82) is 0 Å². The molecule has 32 heavy (non-hydrogen) atoms. The van der Waals surface area contributed by atoms with Gasteiger partial charge in [-0.05, 0) is 56.9 Å². The number of pyridine rings is 2. The lowest BCUT2D eigenvalue weighted by Crippen LogP contribution is -2.37. The molecule has 5 rings (SSSR count). The number of ether oxygens (including phenoxy) is 1. The third-order valence-electron chi connectivity index (χ3n) is 6.45. The first-order valence-corrected chi connectivity index (χ1v) is 11.1. The number of aromatic nitrogens is 2. The number of carbonyl (C=O) groups excluding carboxylic acids is 1. The topological polar surface area (TPSA) is 81.3 Å². The number of halogens is 1. The second-order valence-corrected chi connectivity index (χ2v) is 9.08. The molecule has 7 heteroatoms. The van der Waals surface area contributed by atoms with Gasteiger partial charge in [0, 0.05) is 47.4 Å². The number of anilines is 1. The minimum Gasteiger partial charge on any atom is -0.383 e. The van der Waals surface area contributed by atoms with Crippen LogP contribution in [0.5, 0.6) is 0 Å². The predicted octanol–water partition coefficient (Wildman–Crippen LogP) is 4.87. The first-order valence-electron chi connectivity index (χ1n) is 11.1. The van der Waals surface area contributed by atoms with Gasteiger partial charge in [0.15, 0.2) is 0 Å². The van der Waals surface area contributed by atoms with E-state index < -0.39 is 5.82 Å². The number of nitrogens with two attached hydrogens (primary N) is 1. The number of carbonyl (C=O) groups is 1. The Kier molecular flexibility index (Phi) is 5.08. The van der Waals surface area contributed by atoms with Gasteiger partial charge in [0.05, 0.1) is 23.8 Å². The largest absolute Gasteiger partial charge is 0.383 e. The summed E-state index contributed by atoms with van der Waals surface area (Å²) in [5, 5.41) is 0.711. The molecule has 2 N–H and O–H groups in total. The van der Waals surface area contributed by atoms with Crippen LogP contribution in [0.3, 0.4) is 0 Å². The van der Waals surface area contributed by atoms with E-state index in [2.05, 4.69) is 9.97 Å². The molecule has 3 heterocycles. The van der Waals surface area contributed by atoms with Gasteiger partial charge >= 0.3 is 0 Å². The van der Waals surface area contributed by atoms with Crippen molar-refractivity contribution < 1.29 is 13.9 Å². The maximum absolute atomic E-state index is 15.1. The molecule has 1 aromatic carbocycles. The van der Waals surface area contributed by atoms with Gasteiger partial charge in [-0.1, -0.05) is 6.07 Å². The minimum atomic E-state index is -0.603. The maximum Gasteiger partial charge on any atom is 0.257 e. The SMILES string of the molecule is CC(C)N(Cc1ccc(C2CC2)nc1)C(=O)c1cc2c3c(c(N)nc2cc1F)[C@@H](C)OC3. The number of fused-ring (bicyclic) bond motifs is 3. The lowest BCUT2D eigenvalue weighted by molar-refractivity contribution is 0.0685. The van der Waals surface area contributed by atoms with Crippen molar-refractivity contribution in [2.45, 2.75) is 64.8 Å². The molecule has 2 aromatic heterocycles. The van der Waals surface area contributed by atoms with E-state index in [1.165, 1.54) is 18.9 Å². The number of hydrogen-bond donors (Lipinski definition) is 1. The maximum atomic E-state index is 15.1. The molecule has 0 bridgehead atoms. The Balaban J connectivity index is 1.50. The summed E-state index contributed by atoms with van der Waals surface area (Å²) in [6.45, 7) is 6.50. The highest BCUT2D eigenvalue weighted by Gasteiger charge is 2.29. The third-order valence-corrected chi connectivity index (χ3v) is 6.45. The lowest BCUT2D eigenvalue weighted by atomic mass is 9.99. The fraction of sp³-hybridized carbons (Fsp3) is 0.400. The van der Waals surface area contributed by atoms with Crippen molar-refractivity contribution in [3.63, 3.8) is 0 Å². The van der Waals surface area contributed by atoms with Crippen molar-refractivity contribution in [3.8, 4) is 0 Å². The summed E-state index contributed by atoms with van der Waals surface area (Å²) in [5.41, 5.74) is 10.3. The van der Waals surface area contributed by atoms with Crippen LogP contribution >= 0.6 is 0 Å². The Morgan fingerprint density at radius 2 is 2.09 bits per heavy atom. The standard InChI is InChI=1S/C25H27FN4O2/c1-13(2)30(11-15-4-7-21(28-10-15)16-5-6-16)25(31)18-8-17-19-12-32-14(3)23(19)24(27)29-22(17)9-20(18)26/h4,7-10,13-14,16H,5-6,11-12H2,1-3H3,(H2,27,29)/t14-/m1/s1.